The van der Waals surface area contributed by atoms with E-state index in [2.05, 4.69) is 15.7 Å². The Balaban J connectivity index is 2.04. The lowest BCUT2D eigenvalue weighted by atomic mass is 10.1. The molecule has 3 N–H and O–H groups in total. The van der Waals surface area contributed by atoms with E-state index in [0.29, 0.717) is 0 Å². The standard InChI is InChI=1S/C13H13N5O/c14-16-13(10-6-7-19-9-10)12-8-15-17-18(12)11-4-2-1-3-5-11/h1-9,13,16H,14H2. The SMILES string of the molecule is NNC(c1ccoc1)c1cnnn1-c1ccccc1. The highest BCUT2D eigenvalue weighted by Crippen LogP contribution is 2.22. The lowest BCUT2D eigenvalue weighted by Crippen LogP contribution is -2.30. The number of nitrogens with zero attached hydrogens (tertiary/aromatic N) is 3. The van der Waals surface area contributed by atoms with E-state index < -0.39 is 0 Å². The third-order valence-electron chi connectivity index (χ3n) is 2.92. The lowest BCUT2D eigenvalue weighted by Gasteiger charge is -2.15. The van der Waals surface area contributed by atoms with Crippen molar-refractivity contribution in [1.29, 1.82) is 0 Å². The zero-order valence-electron chi connectivity index (χ0n) is 10.1. The Labute approximate surface area is 109 Å². The van der Waals surface area contributed by atoms with Crippen molar-refractivity contribution in [2.45, 2.75) is 6.04 Å². The number of furan rings is 1. The molecular formula is C13H13N5O. The predicted molar refractivity (Wildman–Crippen MR) is 69.2 cm³/mol. The van der Waals surface area contributed by atoms with Crippen molar-refractivity contribution in [3.8, 4) is 5.69 Å². The van der Waals surface area contributed by atoms with Gasteiger partial charge in [-0.1, -0.05) is 23.4 Å². The van der Waals surface area contributed by atoms with Gasteiger partial charge in [0.25, 0.3) is 0 Å². The smallest absolute Gasteiger partial charge is 0.0954 e. The zero-order chi connectivity index (χ0) is 13.1. The first-order chi connectivity index (χ1) is 9.40. The number of hydrogen-bond donors (Lipinski definition) is 2. The number of nitrogens with two attached hydrogens (primary N) is 1. The van der Waals surface area contributed by atoms with Gasteiger partial charge in [-0.05, 0) is 18.2 Å². The molecule has 6 heteroatoms. The van der Waals surface area contributed by atoms with E-state index in [4.69, 9.17) is 10.3 Å². The molecule has 3 aromatic rings. The number of hydrogen-bond acceptors (Lipinski definition) is 5. The van der Waals surface area contributed by atoms with E-state index in [1.165, 1.54) is 0 Å². The average Bonchev–Trinajstić information content (AvgIpc) is 3.12. The van der Waals surface area contributed by atoms with Crippen LogP contribution in [0, 0.1) is 0 Å². The molecule has 6 nitrogen and oxygen atoms in total. The van der Waals surface area contributed by atoms with Gasteiger partial charge in [0.2, 0.25) is 0 Å². The van der Waals surface area contributed by atoms with Gasteiger partial charge < -0.3 is 4.42 Å². The first-order valence-corrected chi connectivity index (χ1v) is 5.84. The van der Waals surface area contributed by atoms with Crippen LogP contribution in [0.2, 0.25) is 0 Å². The van der Waals surface area contributed by atoms with Gasteiger partial charge >= 0.3 is 0 Å². The van der Waals surface area contributed by atoms with Crippen LogP contribution in [0.25, 0.3) is 5.69 Å². The van der Waals surface area contributed by atoms with Crippen LogP contribution in [0.1, 0.15) is 17.3 Å². The molecule has 0 saturated heterocycles. The van der Waals surface area contributed by atoms with Crippen molar-refractivity contribution >= 4 is 0 Å². The van der Waals surface area contributed by atoms with Crippen molar-refractivity contribution in [3.05, 3.63) is 66.4 Å². The lowest BCUT2D eigenvalue weighted by molar-refractivity contribution is 0.546. The third-order valence-corrected chi connectivity index (χ3v) is 2.92. The summed E-state index contributed by atoms with van der Waals surface area (Å²) >= 11 is 0. The highest BCUT2D eigenvalue weighted by molar-refractivity contribution is 5.34. The second kappa shape index (κ2) is 5.05. The average molecular weight is 255 g/mol. The number of hydrazine groups is 1. The Hall–Kier alpha value is -2.44. The van der Waals surface area contributed by atoms with Crippen LogP contribution in [0.3, 0.4) is 0 Å². The molecule has 0 aliphatic heterocycles. The van der Waals surface area contributed by atoms with Crippen molar-refractivity contribution in [2.24, 2.45) is 5.84 Å². The van der Waals surface area contributed by atoms with Gasteiger partial charge in [-0.25, -0.2) is 10.1 Å². The van der Waals surface area contributed by atoms with Crippen molar-refractivity contribution < 1.29 is 4.42 Å². The van der Waals surface area contributed by atoms with Gasteiger partial charge in [0.1, 0.15) is 0 Å². The minimum Gasteiger partial charge on any atom is -0.472 e. The molecule has 0 amide bonds. The number of aromatic nitrogens is 3. The van der Waals surface area contributed by atoms with Crippen LogP contribution >= 0.6 is 0 Å². The normalized spacial score (nSPS) is 12.5. The molecule has 0 spiro atoms. The minimum absolute atomic E-state index is 0.228. The Morgan fingerprint density at radius 3 is 2.74 bits per heavy atom. The maximum atomic E-state index is 5.64. The topological polar surface area (TPSA) is 81.9 Å². The summed E-state index contributed by atoms with van der Waals surface area (Å²) < 4.78 is 6.84. The monoisotopic (exact) mass is 255 g/mol. The number of para-hydroxylation sites is 1. The second-order valence-electron chi connectivity index (χ2n) is 4.06. The van der Waals surface area contributed by atoms with Gasteiger partial charge in [0, 0.05) is 5.56 Å². The van der Waals surface area contributed by atoms with Crippen LogP contribution in [0.4, 0.5) is 0 Å². The Morgan fingerprint density at radius 2 is 2.05 bits per heavy atom. The van der Waals surface area contributed by atoms with E-state index in [1.54, 1.807) is 23.4 Å². The molecule has 1 atom stereocenters. The summed E-state index contributed by atoms with van der Waals surface area (Å²) in [5.74, 6) is 5.64. The highest BCUT2D eigenvalue weighted by atomic mass is 16.3. The fourth-order valence-corrected chi connectivity index (χ4v) is 2.00. The van der Waals surface area contributed by atoms with E-state index in [9.17, 15) is 0 Å². The highest BCUT2D eigenvalue weighted by Gasteiger charge is 2.19. The van der Waals surface area contributed by atoms with Crippen LogP contribution in [-0.2, 0) is 0 Å². The molecular weight excluding hydrogens is 242 g/mol. The molecule has 0 radical (unpaired) electrons. The molecule has 0 saturated carbocycles. The van der Waals surface area contributed by atoms with Crippen LogP contribution in [0.5, 0.6) is 0 Å². The summed E-state index contributed by atoms with van der Waals surface area (Å²) in [6.45, 7) is 0. The van der Waals surface area contributed by atoms with E-state index in [-0.39, 0.29) is 6.04 Å². The summed E-state index contributed by atoms with van der Waals surface area (Å²) in [5, 5.41) is 8.07. The summed E-state index contributed by atoms with van der Waals surface area (Å²) in [6, 6.07) is 11.4. The second-order valence-corrected chi connectivity index (χ2v) is 4.06. The maximum Gasteiger partial charge on any atom is 0.0954 e. The maximum absolute atomic E-state index is 5.64. The molecule has 3 rings (SSSR count). The van der Waals surface area contributed by atoms with Crippen molar-refractivity contribution in [1.82, 2.24) is 20.4 Å². The molecule has 0 aliphatic rings. The predicted octanol–water partition coefficient (Wildman–Crippen LogP) is 1.41. The van der Waals surface area contributed by atoms with Crippen LogP contribution in [0.15, 0.2) is 59.5 Å². The van der Waals surface area contributed by atoms with Crippen molar-refractivity contribution in [3.63, 3.8) is 0 Å². The zero-order valence-corrected chi connectivity index (χ0v) is 10.1. The molecule has 2 heterocycles. The molecule has 0 bridgehead atoms. The molecule has 96 valence electrons. The van der Waals surface area contributed by atoms with E-state index >= 15 is 0 Å². The third kappa shape index (κ3) is 2.14. The van der Waals surface area contributed by atoms with Crippen molar-refractivity contribution in [2.75, 3.05) is 0 Å². The Bertz CT molecular complexity index is 632. The number of benzene rings is 1. The van der Waals surface area contributed by atoms with Gasteiger partial charge in [-0.2, -0.15) is 0 Å². The minimum atomic E-state index is -0.228. The van der Waals surface area contributed by atoms with Crippen LogP contribution < -0.4 is 11.3 Å². The summed E-state index contributed by atoms with van der Waals surface area (Å²) in [5.41, 5.74) is 5.45. The van der Waals surface area contributed by atoms with E-state index in [1.807, 2.05) is 36.4 Å². The first-order valence-electron chi connectivity index (χ1n) is 5.84. The Kier molecular flexibility index (Phi) is 3.09. The fourth-order valence-electron chi connectivity index (χ4n) is 2.00. The molecule has 2 aromatic heterocycles. The molecule has 19 heavy (non-hydrogen) atoms. The van der Waals surface area contributed by atoms with Gasteiger partial charge in [-0.3, -0.25) is 5.84 Å². The summed E-state index contributed by atoms with van der Waals surface area (Å²) in [4.78, 5) is 0. The molecule has 0 aliphatic carbocycles. The largest absolute Gasteiger partial charge is 0.472 e. The van der Waals surface area contributed by atoms with Gasteiger partial charge in [-0.15, -0.1) is 5.10 Å². The van der Waals surface area contributed by atoms with Gasteiger partial charge in [0.15, 0.2) is 0 Å². The van der Waals surface area contributed by atoms with Crippen LogP contribution in [-0.4, -0.2) is 15.0 Å². The van der Waals surface area contributed by atoms with E-state index in [0.717, 1.165) is 16.9 Å². The van der Waals surface area contributed by atoms with Gasteiger partial charge in [0.05, 0.1) is 36.1 Å². The summed E-state index contributed by atoms with van der Waals surface area (Å²) in [7, 11) is 0. The fraction of sp³-hybridized carbons (Fsp3) is 0.0769. The Morgan fingerprint density at radius 1 is 1.21 bits per heavy atom. The number of nitrogens with one attached hydrogen (secondary N) is 1. The molecule has 1 aromatic carbocycles. The summed E-state index contributed by atoms with van der Waals surface area (Å²) in [6.07, 6.45) is 4.94. The quantitative estimate of drug-likeness (QED) is 0.544. The first kappa shape index (κ1) is 11.6. The molecule has 1 unspecified atom stereocenters. The molecule has 0 fully saturated rings. The number of rotatable bonds is 4.